The fourth-order valence-electron chi connectivity index (χ4n) is 5.78. The molecule has 0 bridgehead atoms. The van der Waals surface area contributed by atoms with E-state index in [2.05, 4.69) is 0 Å². The Morgan fingerprint density at radius 3 is 2.24 bits per heavy atom. The molecule has 1 aliphatic carbocycles. The summed E-state index contributed by atoms with van der Waals surface area (Å²) in [4.78, 5) is 44.0. The number of ether oxygens (including phenoxy) is 4. The van der Waals surface area contributed by atoms with Gasteiger partial charge in [0.15, 0.2) is 17.3 Å². The number of carbonyl (C=O) groups excluding carboxylic acids is 3. The number of Topliss-reactive ketones (excluding diaryl/α,β-unsaturated/α-hetero) is 1. The standard InChI is InChI=1S/C31H30FNO7S/c1-5-40-31(36)28-21(25-7-6-12-41-25)15-22-27(29(28)35)20(16-26(34)33(22)19-10-8-18(32)9-11-19)17-13-23(37-2)30(39-4)24(14-17)38-3/h6-14,20-21,28H,5,15-16H2,1-4H3/t20-,21+,28+/m0/s1. The van der Waals surface area contributed by atoms with Crippen molar-refractivity contribution in [2.24, 2.45) is 5.92 Å². The van der Waals surface area contributed by atoms with Crippen LogP contribution in [0.5, 0.6) is 17.2 Å². The number of allylic oxidation sites excluding steroid dienone is 2. The molecule has 8 nitrogen and oxygen atoms in total. The number of hydrogen-bond donors (Lipinski definition) is 0. The van der Waals surface area contributed by atoms with Gasteiger partial charge in [0, 0.05) is 40.1 Å². The Morgan fingerprint density at radius 2 is 1.68 bits per heavy atom. The van der Waals surface area contributed by atoms with E-state index in [0.717, 1.165) is 4.88 Å². The van der Waals surface area contributed by atoms with Gasteiger partial charge in [-0.05, 0) is 66.8 Å². The number of hydrogen-bond acceptors (Lipinski definition) is 8. The third-order valence-corrected chi connectivity index (χ3v) is 8.55. The maximum absolute atomic E-state index is 14.5. The first-order valence-corrected chi connectivity index (χ1v) is 14.1. The molecule has 1 aromatic heterocycles. The quantitative estimate of drug-likeness (QED) is 0.253. The molecule has 3 aromatic rings. The first-order chi connectivity index (χ1) is 19.8. The minimum Gasteiger partial charge on any atom is -0.493 e. The first-order valence-electron chi connectivity index (χ1n) is 13.2. The second-order valence-electron chi connectivity index (χ2n) is 9.70. The summed E-state index contributed by atoms with van der Waals surface area (Å²) in [6, 6.07) is 12.8. The van der Waals surface area contributed by atoms with Crippen molar-refractivity contribution in [3.05, 3.63) is 81.4 Å². The predicted octanol–water partition coefficient (Wildman–Crippen LogP) is 5.62. The van der Waals surface area contributed by atoms with Crippen molar-refractivity contribution >= 4 is 34.7 Å². The lowest BCUT2D eigenvalue weighted by Crippen LogP contribution is -2.46. The summed E-state index contributed by atoms with van der Waals surface area (Å²) >= 11 is 1.44. The largest absolute Gasteiger partial charge is 0.493 e. The van der Waals surface area contributed by atoms with Crippen LogP contribution in [0, 0.1) is 11.7 Å². The van der Waals surface area contributed by atoms with Gasteiger partial charge >= 0.3 is 5.97 Å². The Morgan fingerprint density at radius 1 is 1.00 bits per heavy atom. The van der Waals surface area contributed by atoms with Gasteiger partial charge in [-0.1, -0.05) is 6.07 Å². The van der Waals surface area contributed by atoms with E-state index in [1.165, 1.54) is 61.8 Å². The zero-order valence-electron chi connectivity index (χ0n) is 23.1. The van der Waals surface area contributed by atoms with Crippen molar-refractivity contribution in [2.75, 3.05) is 32.8 Å². The molecule has 0 saturated heterocycles. The molecule has 10 heteroatoms. The third-order valence-electron chi connectivity index (χ3n) is 7.54. The van der Waals surface area contributed by atoms with Gasteiger partial charge in [-0.15, -0.1) is 11.3 Å². The maximum Gasteiger partial charge on any atom is 0.317 e. The average Bonchev–Trinajstić information content (AvgIpc) is 3.51. The number of carbonyl (C=O) groups is 3. The SMILES string of the molecule is CCOC(=O)[C@H]1C(=O)C2=C(C[C@@H]1c1cccs1)N(c1ccc(F)cc1)C(=O)C[C@H]2c1cc(OC)c(OC)c(OC)c1. The van der Waals surface area contributed by atoms with Crippen LogP contribution in [-0.4, -0.2) is 45.6 Å². The number of ketones is 1. The van der Waals surface area contributed by atoms with Crippen molar-refractivity contribution < 1.29 is 37.7 Å². The molecule has 1 amide bonds. The van der Waals surface area contributed by atoms with E-state index in [4.69, 9.17) is 18.9 Å². The lowest BCUT2D eigenvalue weighted by atomic mass is 9.69. The molecule has 0 spiro atoms. The van der Waals surface area contributed by atoms with Crippen molar-refractivity contribution in [1.29, 1.82) is 0 Å². The second kappa shape index (κ2) is 11.7. The number of benzene rings is 2. The summed E-state index contributed by atoms with van der Waals surface area (Å²) in [6.45, 7) is 1.83. The predicted molar refractivity (Wildman–Crippen MR) is 151 cm³/mol. The van der Waals surface area contributed by atoms with Crippen LogP contribution in [0.1, 0.15) is 42.0 Å². The molecule has 2 aromatic carbocycles. The summed E-state index contributed by atoms with van der Waals surface area (Å²) in [5.74, 6) is -2.90. The highest BCUT2D eigenvalue weighted by Crippen LogP contribution is 2.51. The van der Waals surface area contributed by atoms with Crippen LogP contribution >= 0.6 is 11.3 Å². The highest BCUT2D eigenvalue weighted by Gasteiger charge is 2.50. The molecular weight excluding hydrogens is 549 g/mol. The summed E-state index contributed by atoms with van der Waals surface area (Å²) in [5.41, 5.74) is 1.87. The van der Waals surface area contributed by atoms with Crippen molar-refractivity contribution in [1.82, 2.24) is 0 Å². The van der Waals surface area contributed by atoms with Gasteiger partial charge in [0.25, 0.3) is 0 Å². The van der Waals surface area contributed by atoms with Crippen molar-refractivity contribution in [3.8, 4) is 17.2 Å². The molecule has 5 rings (SSSR count). The van der Waals surface area contributed by atoms with Crippen LogP contribution in [0.2, 0.25) is 0 Å². The third kappa shape index (κ3) is 5.08. The van der Waals surface area contributed by atoms with E-state index in [1.807, 2.05) is 17.5 Å². The normalized spacial score (nSPS) is 20.5. The van der Waals surface area contributed by atoms with Gasteiger partial charge in [0.1, 0.15) is 11.7 Å². The Hall–Kier alpha value is -4.18. The number of rotatable bonds is 8. The van der Waals surface area contributed by atoms with E-state index in [9.17, 15) is 18.8 Å². The number of halogens is 1. The Balaban J connectivity index is 1.75. The van der Waals surface area contributed by atoms with Crippen LogP contribution in [0.15, 0.2) is 65.2 Å². The number of anilines is 1. The number of amides is 1. The van der Waals surface area contributed by atoms with E-state index < -0.39 is 35.3 Å². The maximum atomic E-state index is 14.5. The molecular formula is C31H30FNO7S. The van der Waals surface area contributed by atoms with E-state index in [0.29, 0.717) is 39.8 Å². The molecule has 0 radical (unpaired) electrons. The molecule has 2 heterocycles. The Bertz CT molecular complexity index is 1470. The summed E-state index contributed by atoms with van der Waals surface area (Å²) in [6.07, 6.45) is 0.162. The number of esters is 1. The van der Waals surface area contributed by atoms with Crippen molar-refractivity contribution in [3.63, 3.8) is 0 Å². The zero-order valence-corrected chi connectivity index (χ0v) is 24.0. The Labute approximate surface area is 241 Å². The molecule has 0 unspecified atom stereocenters. The van der Waals surface area contributed by atoms with Gasteiger partial charge in [0.2, 0.25) is 11.7 Å². The number of nitrogens with zero attached hydrogens (tertiary/aromatic N) is 1. The smallest absolute Gasteiger partial charge is 0.317 e. The topological polar surface area (TPSA) is 91.4 Å². The molecule has 41 heavy (non-hydrogen) atoms. The number of thiophene rings is 1. The van der Waals surface area contributed by atoms with E-state index >= 15 is 0 Å². The van der Waals surface area contributed by atoms with Gasteiger partial charge in [-0.2, -0.15) is 0 Å². The number of methoxy groups -OCH3 is 3. The van der Waals surface area contributed by atoms with Gasteiger partial charge in [-0.25, -0.2) is 4.39 Å². The Kier molecular flexibility index (Phi) is 8.12. The van der Waals surface area contributed by atoms with Crippen LogP contribution < -0.4 is 19.1 Å². The van der Waals surface area contributed by atoms with Gasteiger partial charge in [0.05, 0.1) is 27.9 Å². The van der Waals surface area contributed by atoms with Gasteiger partial charge in [-0.3, -0.25) is 19.3 Å². The fourth-order valence-corrected chi connectivity index (χ4v) is 6.64. The second-order valence-corrected chi connectivity index (χ2v) is 10.7. The van der Waals surface area contributed by atoms with E-state index in [1.54, 1.807) is 19.1 Å². The fraction of sp³-hybridized carbons (Fsp3) is 0.323. The monoisotopic (exact) mass is 579 g/mol. The van der Waals surface area contributed by atoms with Crippen LogP contribution in [0.25, 0.3) is 0 Å². The lowest BCUT2D eigenvalue weighted by molar-refractivity contribution is -0.152. The highest BCUT2D eigenvalue weighted by molar-refractivity contribution is 7.10. The molecule has 0 saturated carbocycles. The van der Waals surface area contributed by atoms with Crippen LogP contribution in [0.3, 0.4) is 0 Å². The zero-order chi connectivity index (χ0) is 29.3. The highest BCUT2D eigenvalue weighted by atomic mass is 32.1. The molecule has 2 aliphatic rings. The van der Waals surface area contributed by atoms with Crippen LogP contribution in [0.4, 0.5) is 10.1 Å². The molecule has 3 atom stereocenters. The van der Waals surface area contributed by atoms with Crippen LogP contribution in [-0.2, 0) is 19.1 Å². The lowest BCUT2D eigenvalue weighted by Gasteiger charge is -2.42. The van der Waals surface area contributed by atoms with Crippen molar-refractivity contribution in [2.45, 2.75) is 31.6 Å². The molecule has 0 N–H and O–H groups in total. The minimum atomic E-state index is -1.08. The first kappa shape index (κ1) is 28.4. The summed E-state index contributed by atoms with van der Waals surface area (Å²) in [5, 5.41) is 1.88. The van der Waals surface area contributed by atoms with Gasteiger partial charge < -0.3 is 18.9 Å². The molecule has 1 aliphatic heterocycles. The van der Waals surface area contributed by atoms with E-state index in [-0.39, 0.29) is 25.4 Å². The molecule has 0 fully saturated rings. The average molecular weight is 580 g/mol. The summed E-state index contributed by atoms with van der Waals surface area (Å²) < 4.78 is 35.8. The molecule has 214 valence electrons. The summed E-state index contributed by atoms with van der Waals surface area (Å²) in [7, 11) is 4.47. The minimum absolute atomic E-state index is 0.0696.